The summed E-state index contributed by atoms with van der Waals surface area (Å²) in [5.74, 6) is 0. The molecule has 7 heteroatoms. The number of ether oxygens (including phenoxy) is 1. The first-order valence-electron chi connectivity index (χ1n) is 2.32. The van der Waals surface area contributed by atoms with E-state index in [4.69, 9.17) is 4.55 Å². The van der Waals surface area contributed by atoms with Gasteiger partial charge in [0.25, 0.3) is 0 Å². The predicted molar refractivity (Wildman–Crippen MR) is 29.4 cm³/mol. The summed E-state index contributed by atoms with van der Waals surface area (Å²) in [6, 6.07) is 0. The minimum absolute atomic E-state index is 0.254. The lowest BCUT2D eigenvalue weighted by atomic mass is 10.8. The van der Waals surface area contributed by atoms with Crippen LogP contribution in [0.3, 0.4) is 0 Å². The minimum atomic E-state index is -4.45. The fourth-order valence-electron chi connectivity index (χ4n) is 0.208. The van der Waals surface area contributed by atoms with E-state index in [0.29, 0.717) is 0 Å². The zero-order chi connectivity index (χ0) is 8.04. The van der Waals surface area contributed by atoms with E-state index >= 15 is 0 Å². The van der Waals surface area contributed by atoms with Gasteiger partial charge in [-0.1, -0.05) is 0 Å². The largest absolute Gasteiger partial charge is 0.399 e. The summed E-state index contributed by atoms with van der Waals surface area (Å²) < 4.78 is 46.5. The van der Waals surface area contributed by atoms with Gasteiger partial charge in [-0.3, -0.25) is 4.55 Å². The maximum Gasteiger partial charge on any atom is 0.399 e. The summed E-state index contributed by atoms with van der Waals surface area (Å²) in [6.07, 6.45) is 0. The number of rotatable bonds is 5. The van der Waals surface area contributed by atoms with Crippen molar-refractivity contribution >= 4 is 10.4 Å². The molecule has 0 aromatic carbocycles. The molecule has 0 rings (SSSR count). The first kappa shape index (κ1) is 9.76. The fraction of sp³-hybridized carbons (Fsp3) is 1.00. The Hall–Kier alpha value is -0.240. The highest BCUT2D eigenvalue weighted by Crippen LogP contribution is 1.86. The summed E-state index contributed by atoms with van der Waals surface area (Å²) >= 11 is 0. The third kappa shape index (κ3) is 7.76. The average molecular weight is 174 g/mol. The summed E-state index contributed by atoms with van der Waals surface area (Å²) in [7, 11) is -4.45. The van der Waals surface area contributed by atoms with Crippen molar-refractivity contribution in [3.8, 4) is 0 Å². The smallest absolute Gasteiger partial charge is 0.351 e. The lowest BCUT2D eigenvalue weighted by Gasteiger charge is -1.98. The normalized spacial score (nSPS) is 11.8. The van der Waals surface area contributed by atoms with Crippen LogP contribution in [0.25, 0.3) is 0 Å². The molecule has 0 aromatic heterocycles. The van der Waals surface area contributed by atoms with Gasteiger partial charge >= 0.3 is 10.4 Å². The van der Waals surface area contributed by atoms with Crippen LogP contribution in [0.4, 0.5) is 4.39 Å². The molecule has 0 fully saturated rings. The van der Waals surface area contributed by atoms with Gasteiger partial charge in [0.05, 0.1) is 6.61 Å². The summed E-state index contributed by atoms with van der Waals surface area (Å²) in [4.78, 5) is 0. The minimum Gasteiger partial charge on any atom is -0.351 e. The molecule has 0 heterocycles. The second-order valence-corrected chi connectivity index (χ2v) is 2.35. The lowest BCUT2D eigenvalue weighted by Crippen LogP contribution is -2.08. The van der Waals surface area contributed by atoms with Gasteiger partial charge in [-0.25, -0.2) is 8.57 Å². The van der Waals surface area contributed by atoms with Crippen LogP contribution in [-0.2, 0) is 19.3 Å². The van der Waals surface area contributed by atoms with E-state index in [0.717, 1.165) is 0 Å². The molecule has 0 unspecified atom stereocenters. The first-order chi connectivity index (χ1) is 4.56. The topological polar surface area (TPSA) is 72.8 Å². The van der Waals surface area contributed by atoms with E-state index < -0.39 is 23.9 Å². The molecule has 62 valence electrons. The molecule has 0 spiro atoms. The standard InChI is InChI=1S/C3H7FO5S/c4-1-2-8-3-9-10(5,6)7/h1-3H2,(H,5,6,7). The fourth-order valence-corrected chi connectivity index (χ4v) is 0.398. The molecule has 0 aromatic rings. The molecule has 0 saturated heterocycles. The zero-order valence-electron chi connectivity index (χ0n) is 4.99. The van der Waals surface area contributed by atoms with E-state index in [9.17, 15) is 12.8 Å². The molecule has 0 saturated carbocycles. The van der Waals surface area contributed by atoms with Gasteiger partial charge in [-0.15, -0.1) is 0 Å². The molecule has 0 aliphatic carbocycles. The summed E-state index contributed by atoms with van der Waals surface area (Å²) in [5.41, 5.74) is 0. The van der Waals surface area contributed by atoms with Crippen LogP contribution in [0.15, 0.2) is 0 Å². The van der Waals surface area contributed by atoms with Gasteiger partial charge in [-0.05, 0) is 0 Å². The van der Waals surface area contributed by atoms with Crippen LogP contribution in [0, 0.1) is 0 Å². The van der Waals surface area contributed by atoms with Crippen molar-refractivity contribution in [1.29, 1.82) is 0 Å². The highest BCUT2D eigenvalue weighted by Gasteiger charge is 2.02. The molecule has 5 nitrogen and oxygen atoms in total. The molecule has 0 atom stereocenters. The Morgan fingerprint density at radius 2 is 2.10 bits per heavy atom. The van der Waals surface area contributed by atoms with Gasteiger partial charge in [-0.2, -0.15) is 8.42 Å². The Kier molecular flexibility index (Phi) is 4.45. The van der Waals surface area contributed by atoms with Gasteiger partial charge < -0.3 is 4.74 Å². The number of hydrogen-bond acceptors (Lipinski definition) is 4. The van der Waals surface area contributed by atoms with Crippen molar-refractivity contribution in [2.75, 3.05) is 20.1 Å². The highest BCUT2D eigenvalue weighted by molar-refractivity contribution is 7.80. The van der Waals surface area contributed by atoms with E-state index in [-0.39, 0.29) is 6.61 Å². The first-order valence-corrected chi connectivity index (χ1v) is 3.68. The van der Waals surface area contributed by atoms with Crippen LogP contribution >= 0.6 is 0 Å². The number of halogens is 1. The maximum absolute atomic E-state index is 11.2. The average Bonchev–Trinajstić information content (AvgIpc) is 1.78. The van der Waals surface area contributed by atoms with Crippen molar-refractivity contribution in [2.24, 2.45) is 0 Å². The number of alkyl halides is 1. The molecule has 10 heavy (non-hydrogen) atoms. The summed E-state index contributed by atoms with van der Waals surface area (Å²) in [6.45, 7) is -1.65. The van der Waals surface area contributed by atoms with Crippen LogP contribution in [0.5, 0.6) is 0 Å². The van der Waals surface area contributed by atoms with Gasteiger partial charge in [0.1, 0.15) is 6.67 Å². The van der Waals surface area contributed by atoms with Gasteiger partial charge in [0, 0.05) is 0 Å². The third-order valence-corrected chi connectivity index (χ3v) is 0.896. The van der Waals surface area contributed by atoms with Crippen LogP contribution in [0.2, 0.25) is 0 Å². The molecule has 0 bridgehead atoms. The second kappa shape index (κ2) is 4.56. The van der Waals surface area contributed by atoms with Crippen LogP contribution in [0.1, 0.15) is 0 Å². The summed E-state index contributed by atoms with van der Waals surface area (Å²) in [5, 5.41) is 0. The molecular weight excluding hydrogens is 167 g/mol. The van der Waals surface area contributed by atoms with Crippen LogP contribution in [-0.4, -0.2) is 33.0 Å². The van der Waals surface area contributed by atoms with E-state index in [1.54, 1.807) is 0 Å². The predicted octanol–water partition coefficient (Wildman–Crippen LogP) is -0.251. The molecule has 0 aliphatic rings. The Labute approximate surface area is 57.7 Å². The van der Waals surface area contributed by atoms with Gasteiger partial charge in [0.2, 0.25) is 0 Å². The Bertz CT molecular complexity index is 164. The molecule has 1 N–H and O–H groups in total. The molecule has 0 aliphatic heterocycles. The van der Waals surface area contributed by atoms with Crippen molar-refractivity contribution in [3.05, 3.63) is 0 Å². The Morgan fingerprint density at radius 1 is 1.50 bits per heavy atom. The van der Waals surface area contributed by atoms with Crippen molar-refractivity contribution in [1.82, 2.24) is 0 Å². The zero-order valence-corrected chi connectivity index (χ0v) is 5.80. The van der Waals surface area contributed by atoms with Crippen molar-refractivity contribution in [3.63, 3.8) is 0 Å². The van der Waals surface area contributed by atoms with Gasteiger partial charge in [0.15, 0.2) is 6.79 Å². The monoisotopic (exact) mass is 174 g/mol. The van der Waals surface area contributed by atoms with Crippen LogP contribution < -0.4 is 0 Å². The highest BCUT2D eigenvalue weighted by atomic mass is 32.3. The third-order valence-electron chi connectivity index (χ3n) is 0.502. The number of hydrogen-bond donors (Lipinski definition) is 1. The lowest BCUT2D eigenvalue weighted by molar-refractivity contribution is 0.00720. The maximum atomic E-state index is 11.2. The van der Waals surface area contributed by atoms with E-state index in [2.05, 4.69) is 8.92 Å². The Balaban J connectivity index is 3.21. The van der Waals surface area contributed by atoms with E-state index in [1.807, 2.05) is 0 Å². The molecular formula is C3H7FO5S. The van der Waals surface area contributed by atoms with E-state index in [1.165, 1.54) is 0 Å². The molecule has 0 radical (unpaired) electrons. The molecule has 0 amide bonds. The quantitative estimate of drug-likeness (QED) is 0.353. The Morgan fingerprint density at radius 3 is 2.50 bits per heavy atom. The SMILES string of the molecule is O=S(=O)(O)OCOCCF. The second-order valence-electron chi connectivity index (χ2n) is 1.26. The van der Waals surface area contributed by atoms with Crippen molar-refractivity contribution in [2.45, 2.75) is 0 Å². The van der Waals surface area contributed by atoms with Crippen molar-refractivity contribution < 1.29 is 26.3 Å².